The summed E-state index contributed by atoms with van der Waals surface area (Å²) < 4.78 is 1.39. The number of fused-ring (bicyclic) bond motifs is 1. The first kappa shape index (κ1) is 29.0. The molecule has 2 fully saturated rings. The molecular formula is C34H30Cl2N6OS. The Morgan fingerprint density at radius 1 is 0.841 bits per heavy atom. The summed E-state index contributed by atoms with van der Waals surface area (Å²) in [5.74, 6) is 0.652. The summed E-state index contributed by atoms with van der Waals surface area (Å²) in [6, 6.07) is 35.7. The number of carbonyl (C=O) groups excluding carboxylic acids is 1. The molecular weight excluding hydrogens is 611 g/mol. The molecule has 0 saturated carbocycles. The summed E-state index contributed by atoms with van der Waals surface area (Å²) in [4.78, 5) is 16.3. The zero-order valence-corrected chi connectivity index (χ0v) is 26.5. The lowest BCUT2D eigenvalue weighted by molar-refractivity contribution is -0.150. The Labute approximate surface area is 270 Å². The summed E-state index contributed by atoms with van der Waals surface area (Å²) in [5, 5.41) is 17.6. The maximum Gasteiger partial charge on any atom is 0.244 e. The number of hydrogen-bond donors (Lipinski definition) is 1. The number of nitrogens with one attached hydrogen (secondary N) is 1. The van der Waals surface area contributed by atoms with Gasteiger partial charge < -0.3 is 4.90 Å². The van der Waals surface area contributed by atoms with Gasteiger partial charge in [0.2, 0.25) is 5.91 Å². The molecule has 4 aromatic carbocycles. The van der Waals surface area contributed by atoms with Crippen LogP contribution in [0.5, 0.6) is 0 Å². The van der Waals surface area contributed by atoms with Crippen LogP contribution in [0.4, 0.5) is 0 Å². The Kier molecular flexibility index (Phi) is 7.49. The zero-order valence-electron chi connectivity index (χ0n) is 24.1. The van der Waals surface area contributed by atoms with Gasteiger partial charge in [-0.1, -0.05) is 114 Å². The summed E-state index contributed by atoms with van der Waals surface area (Å²) in [6.07, 6.45) is 0. The van der Waals surface area contributed by atoms with E-state index in [4.69, 9.17) is 23.2 Å². The molecule has 5 aromatic rings. The molecule has 2 aliphatic rings. The van der Waals surface area contributed by atoms with E-state index in [9.17, 15) is 4.79 Å². The summed E-state index contributed by atoms with van der Waals surface area (Å²) >= 11 is 14.3. The number of thioether (sulfide) groups is 1. The third kappa shape index (κ3) is 4.90. The van der Waals surface area contributed by atoms with E-state index in [1.807, 2.05) is 71.6 Å². The van der Waals surface area contributed by atoms with Crippen molar-refractivity contribution in [1.29, 1.82) is 0 Å². The lowest BCUT2D eigenvalue weighted by atomic mass is 9.76. The van der Waals surface area contributed by atoms with Crippen molar-refractivity contribution < 1.29 is 4.79 Å². The molecule has 10 heteroatoms. The number of rotatable bonds is 8. The van der Waals surface area contributed by atoms with Crippen LogP contribution in [0.25, 0.3) is 0 Å². The molecule has 7 nitrogen and oxygen atoms in total. The van der Waals surface area contributed by atoms with Crippen LogP contribution in [0.2, 0.25) is 10.0 Å². The quantitative estimate of drug-likeness (QED) is 0.150. The van der Waals surface area contributed by atoms with Crippen LogP contribution in [0.3, 0.4) is 0 Å². The second kappa shape index (κ2) is 11.3. The third-order valence-electron chi connectivity index (χ3n) is 8.49. The van der Waals surface area contributed by atoms with Gasteiger partial charge in [-0.3, -0.25) is 10.1 Å². The first-order chi connectivity index (χ1) is 21.3. The van der Waals surface area contributed by atoms with Gasteiger partial charge >= 0.3 is 0 Å². The van der Waals surface area contributed by atoms with Crippen LogP contribution < -0.4 is 5.32 Å². The second-order valence-electron chi connectivity index (χ2n) is 11.7. The van der Waals surface area contributed by atoms with E-state index in [1.165, 1.54) is 0 Å². The van der Waals surface area contributed by atoms with Gasteiger partial charge in [0, 0.05) is 14.8 Å². The SMILES string of the molecule is CC1(C)SC2C(NC(c3ccccc3)(c3ccccc3)c3ccccc3)C(=O)N2C1c1nnnn1Cc1cc(Cl)cc(Cl)c1. The number of halogens is 2. The van der Waals surface area contributed by atoms with Gasteiger partial charge in [-0.15, -0.1) is 16.9 Å². The number of amides is 1. The molecule has 44 heavy (non-hydrogen) atoms. The number of carbonyl (C=O) groups is 1. The Morgan fingerprint density at radius 2 is 1.36 bits per heavy atom. The van der Waals surface area contributed by atoms with Crippen LogP contribution in [-0.4, -0.2) is 47.2 Å². The zero-order chi connectivity index (χ0) is 30.5. The Hall–Kier alpha value is -3.69. The molecule has 0 spiro atoms. The van der Waals surface area contributed by atoms with Crippen LogP contribution >= 0.6 is 35.0 Å². The van der Waals surface area contributed by atoms with Gasteiger partial charge in [0.25, 0.3) is 0 Å². The Morgan fingerprint density at radius 3 is 1.89 bits per heavy atom. The topological polar surface area (TPSA) is 75.9 Å². The number of benzene rings is 4. The highest BCUT2D eigenvalue weighted by Gasteiger charge is 2.64. The van der Waals surface area contributed by atoms with E-state index in [0.717, 1.165) is 22.3 Å². The first-order valence-corrected chi connectivity index (χ1v) is 16.1. The molecule has 0 radical (unpaired) electrons. The number of aromatic nitrogens is 4. The monoisotopic (exact) mass is 640 g/mol. The molecule has 0 aliphatic carbocycles. The molecule has 3 unspecified atom stereocenters. The number of β-lactam (4-membered cyclic amide) rings is 1. The van der Waals surface area contributed by atoms with Crippen LogP contribution in [0.15, 0.2) is 109 Å². The molecule has 1 N–H and O–H groups in total. The van der Waals surface area contributed by atoms with Crippen molar-refractivity contribution in [2.24, 2.45) is 0 Å². The fourth-order valence-corrected chi connectivity index (χ4v) is 8.81. The van der Waals surface area contributed by atoms with Crippen molar-refractivity contribution in [3.63, 3.8) is 0 Å². The van der Waals surface area contributed by atoms with Crippen molar-refractivity contribution in [2.75, 3.05) is 0 Å². The van der Waals surface area contributed by atoms with Crippen molar-refractivity contribution in [3.05, 3.63) is 147 Å². The van der Waals surface area contributed by atoms with Gasteiger partial charge in [0.05, 0.1) is 12.1 Å². The highest BCUT2D eigenvalue weighted by molar-refractivity contribution is 8.01. The van der Waals surface area contributed by atoms with Crippen LogP contribution in [0.1, 0.15) is 48.0 Å². The largest absolute Gasteiger partial charge is 0.315 e. The third-order valence-corrected chi connectivity index (χ3v) is 10.5. The van der Waals surface area contributed by atoms with E-state index in [-0.39, 0.29) is 22.1 Å². The minimum absolute atomic E-state index is 0.0191. The summed E-state index contributed by atoms with van der Waals surface area (Å²) in [5.41, 5.74) is 3.31. The van der Waals surface area contributed by atoms with Crippen molar-refractivity contribution in [1.82, 2.24) is 30.4 Å². The Bertz CT molecular complexity index is 1680. The lowest BCUT2D eigenvalue weighted by Gasteiger charge is -2.49. The standard InChI is InChI=1S/C34H30Cl2N6OS/c1-33(2)29(30-38-39-40-41(30)21-22-18-26(35)20-27(36)19-22)42-31(43)28(32(42)44-33)37-34(23-12-6-3-7-13-23,24-14-8-4-9-15-24)25-16-10-5-11-17-25/h3-20,28-29,32,37H,21H2,1-2H3. The molecule has 3 heterocycles. The summed E-state index contributed by atoms with van der Waals surface area (Å²) in [6.45, 7) is 4.69. The highest BCUT2D eigenvalue weighted by Crippen LogP contribution is 2.57. The average molecular weight is 642 g/mol. The first-order valence-electron chi connectivity index (χ1n) is 14.4. The van der Waals surface area contributed by atoms with Gasteiger partial charge in [-0.25, -0.2) is 4.68 Å². The minimum Gasteiger partial charge on any atom is -0.315 e. The fourth-order valence-electron chi connectivity index (χ4n) is 6.61. The predicted octanol–water partition coefficient (Wildman–Crippen LogP) is 6.71. The number of hydrogen-bond acceptors (Lipinski definition) is 6. The molecule has 0 bridgehead atoms. The molecule has 1 amide bonds. The second-order valence-corrected chi connectivity index (χ2v) is 14.3. The maximum absolute atomic E-state index is 14.3. The van der Waals surface area contributed by atoms with Gasteiger partial charge in [0.1, 0.15) is 17.5 Å². The molecule has 2 saturated heterocycles. The number of tetrazole rings is 1. The average Bonchev–Trinajstić information content (AvgIpc) is 3.57. The van der Waals surface area contributed by atoms with Gasteiger partial charge in [-0.05, 0) is 64.7 Å². The van der Waals surface area contributed by atoms with Gasteiger partial charge in [-0.2, -0.15) is 0 Å². The van der Waals surface area contributed by atoms with E-state index >= 15 is 0 Å². The summed E-state index contributed by atoms with van der Waals surface area (Å²) in [7, 11) is 0. The maximum atomic E-state index is 14.3. The van der Waals surface area contributed by atoms with E-state index < -0.39 is 11.6 Å². The molecule has 7 rings (SSSR count). The number of nitrogens with zero attached hydrogens (tertiary/aromatic N) is 5. The predicted molar refractivity (Wildman–Crippen MR) is 175 cm³/mol. The molecule has 3 atom stereocenters. The molecule has 2 aliphatic heterocycles. The lowest BCUT2D eigenvalue weighted by Crippen LogP contribution is -2.70. The Balaban J connectivity index is 1.26. The molecule has 222 valence electrons. The van der Waals surface area contributed by atoms with Crippen molar-refractivity contribution >= 4 is 40.9 Å². The smallest absolute Gasteiger partial charge is 0.244 e. The van der Waals surface area contributed by atoms with E-state index in [2.05, 4.69) is 71.1 Å². The van der Waals surface area contributed by atoms with Crippen LogP contribution in [-0.2, 0) is 16.9 Å². The van der Waals surface area contributed by atoms with E-state index in [1.54, 1.807) is 22.5 Å². The minimum atomic E-state index is -0.758. The molecule has 1 aromatic heterocycles. The van der Waals surface area contributed by atoms with Gasteiger partial charge in [0.15, 0.2) is 5.82 Å². The van der Waals surface area contributed by atoms with E-state index in [0.29, 0.717) is 22.4 Å². The highest BCUT2D eigenvalue weighted by atomic mass is 35.5. The van der Waals surface area contributed by atoms with Crippen molar-refractivity contribution in [3.8, 4) is 0 Å². The van der Waals surface area contributed by atoms with Crippen molar-refractivity contribution in [2.45, 2.75) is 48.1 Å². The normalized spacial score (nSPS) is 20.8. The van der Waals surface area contributed by atoms with Crippen LogP contribution in [0, 0.1) is 0 Å². The fraction of sp³-hybridized carbons (Fsp3) is 0.235.